The van der Waals surface area contributed by atoms with Crippen molar-refractivity contribution in [3.8, 4) is 0 Å². The van der Waals surface area contributed by atoms with Crippen molar-refractivity contribution in [1.29, 1.82) is 0 Å². The summed E-state index contributed by atoms with van der Waals surface area (Å²) in [5.74, 6) is 7.15. The number of hydrazine groups is 1. The molecule has 1 saturated carbocycles. The molecule has 2 aliphatic carbocycles. The summed E-state index contributed by atoms with van der Waals surface area (Å²) < 4.78 is 0. The van der Waals surface area contributed by atoms with Gasteiger partial charge in [-0.15, -0.1) is 0 Å². The number of nitrogens with two attached hydrogens (primary N) is 1. The maximum Gasteiger partial charge on any atom is 0.251 e. The highest BCUT2D eigenvalue weighted by Crippen LogP contribution is 2.40. The number of amides is 2. The summed E-state index contributed by atoms with van der Waals surface area (Å²) in [7, 11) is 0. The zero-order valence-corrected chi connectivity index (χ0v) is 20.9. The zero-order valence-electron chi connectivity index (χ0n) is 20.9. The van der Waals surface area contributed by atoms with Gasteiger partial charge in [0, 0.05) is 44.7 Å². The fourth-order valence-electron chi connectivity index (χ4n) is 6.28. The molecular weight excluding hydrogens is 454 g/mol. The molecule has 5 N–H and O–H groups in total. The Balaban J connectivity index is 1.12. The summed E-state index contributed by atoms with van der Waals surface area (Å²) in [4.78, 5) is 26.6. The van der Waals surface area contributed by atoms with Crippen LogP contribution in [0.1, 0.15) is 41.3 Å². The summed E-state index contributed by atoms with van der Waals surface area (Å²) >= 11 is 0. The van der Waals surface area contributed by atoms with Crippen molar-refractivity contribution in [3.63, 3.8) is 0 Å². The zero-order chi connectivity index (χ0) is 25.2. The minimum Gasteiger partial charge on any atom is -0.390 e. The van der Waals surface area contributed by atoms with Gasteiger partial charge in [-0.3, -0.25) is 9.59 Å². The lowest BCUT2D eigenvalue weighted by atomic mass is 9.91. The molecule has 2 unspecified atom stereocenters. The SMILES string of the molecule is CC(=O)N1CC2CCC(C1)C2N(N)c1cccc(C(=O)NC[C@@H](O)CNC2Cc3ccccc3C2)c1. The van der Waals surface area contributed by atoms with Crippen LogP contribution in [0.5, 0.6) is 0 Å². The first-order valence-corrected chi connectivity index (χ1v) is 13.0. The molecule has 2 fully saturated rings. The third kappa shape index (κ3) is 5.26. The average molecular weight is 492 g/mol. The fourth-order valence-corrected chi connectivity index (χ4v) is 6.28. The van der Waals surface area contributed by atoms with Gasteiger partial charge in [0.15, 0.2) is 0 Å². The summed E-state index contributed by atoms with van der Waals surface area (Å²) in [6.45, 7) is 3.71. The summed E-state index contributed by atoms with van der Waals surface area (Å²) in [5.41, 5.74) is 4.04. The van der Waals surface area contributed by atoms with Crippen LogP contribution in [0, 0.1) is 11.8 Å². The first-order valence-electron chi connectivity index (χ1n) is 13.0. The van der Waals surface area contributed by atoms with Gasteiger partial charge in [0.25, 0.3) is 5.91 Å². The van der Waals surface area contributed by atoms with Crippen molar-refractivity contribution >= 4 is 17.5 Å². The van der Waals surface area contributed by atoms with Crippen LogP contribution in [0.15, 0.2) is 48.5 Å². The van der Waals surface area contributed by atoms with E-state index < -0.39 is 6.10 Å². The molecule has 1 saturated heterocycles. The number of hydrogen-bond donors (Lipinski definition) is 4. The number of piperidine rings is 1. The lowest BCUT2D eigenvalue weighted by molar-refractivity contribution is -0.131. The molecule has 2 aromatic rings. The Morgan fingerprint density at radius 3 is 2.36 bits per heavy atom. The number of benzene rings is 2. The number of nitrogens with zero attached hydrogens (tertiary/aromatic N) is 2. The van der Waals surface area contributed by atoms with Crippen LogP contribution in [0.4, 0.5) is 5.69 Å². The Morgan fingerprint density at radius 1 is 1.06 bits per heavy atom. The maximum absolute atomic E-state index is 12.8. The quantitative estimate of drug-likeness (QED) is 0.329. The summed E-state index contributed by atoms with van der Waals surface area (Å²) in [6.07, 6.45) is 3.38. The predicted octanol–water partition coefficient (Wildman–Crippen LogP) is 1.47. The molecule has 2 amide bonds. The molecule has 3 atom stereocenters. The van der Waals surface area contributed by atoms with Crippen LogP contribution in [-0.2, 0) is 17.6 Å². The van der Waals surface area contributed by atoms with E-state index in [1.807, 2.05) is 23.1 Å². The molecule has 1 heterocycles. The third-order valence-electron chi connectivity index (χ3n) is 8.15. The monoisotopic (exact) mass is 491 g/mol. The van der Waals surface area contributed by atoms with Crippen LogP contribution in [0.2, 0.25) is 0 Å². The van der Waals surface area contributed by atoms with Crippen LogP contribution in [0.25, 0.3) is 0 Å². The van der Waals surface area contributed by atoms with E-state index in [0.717, 1.165) is 44.5 Å². The topological polar surface area (TPSA) is 111 Å². The van der Waals surface area contributed by atoms with Gasteiger partial charge in [-0.1, -0.05) is 30.3 Å². The van der Waals surface area contributed by atoms with E-state index in [1.165, 1.54) is 11.1 Å². The standard InChI is InChI=1S/C28H37N5O3/c1-18(34)32-16-22-9-10-23(17-32)27(22)33(29)25-8-4-7-21(13-25)28(36)31-15-26(35)14-30-24-11-19-5-2-3-6-20(19)12-24/h2-8,13,22-24,26-27,30,35H,9-12,14-17,29H2,1H3,(H,31,36)/t22?,23?,26-,27?/m0/s1. The predicted molar refractivity (Wildman–Crippen MR) is 139 cm³/mol. The number of fused-ring (bicyclic) bond motifs is 3. The number of rotatable bonds is 8. The number of aliphatic hydroxyl groups is 1. The van der Waals surface area contributed by atoms with Gasteiger partial charge in [-0.25, -0.2) is 5.84 Å². The largest absolute Gasteiger partial charge is 0.390 e. The highest BCUT2D eigenvalue weighted by Gasteiger charge is 2.45. The highest BCUT2D eigenvalue weighted by molar-refractivity contribution is 5.95. The molecule has 0 spiro atoms. The molecule has 2 aromatic carbocycles. The molecule has 2 bridgehead atoms. The number of carbonyl (C=O) groups excluding carboxylic acids is 2. The second-order valence-electron chi connectivity index (χ2n) is 10.6. The van der Waals surface area contributed by atoms with E-state index in [-0.39, 0.29) is 24.4 Å². The van der Waals surface area contributed by atoms with Crippen LogP contribution in [-0.4, -0.2) is 66.2 Å². The lowest BCUT2D eigenvalue weighted by Gasteiger charge is -2.42. The maximum atomic E-state index is 12.8. The van der Waals surface area contributed by atoms with Gasteiger partial charge >= 0.3 is 0 Å². The smallest absolute Gasteiger partial charge is 0.251 e. The molecule has 1 aliphatic heterocycles. The summed E-state index contributed by atoms with van der Waals surface area (Å²) in [6, 6.07) is 16.3. The Kier molecular flexibility index (Phi) is 7.27. The number of hydrogen-bond acceptors (Lipinski definition) is 6. The van der Waals surface area contributed by atoms with Gasteiger partial charge in [0.2, 0.25) is 5.91 Å². The molecule has 36 heavy (non-hydrogen) atoms. The Labute approximate surface area is 212 Å². The molecule has 0 aromatic heterocycles. The Hall–Kier alpha value is -2.94. The van der Waals surface area contributed by atoms with Gasteiger partial charge in [0.1, 0.15) is 0 Å². The van der Waals surface area contributed by atoms with E-state index >= 15 is 0 Å². The lowest BCUT2D eigenvalue weighted by Crippen LogP contribution is -2.56. The van der Waals surface area contributed by atoms with Gasteiger partial charge in [0.05, 0.1) is 17.8 Å². The summed E-state index contributed by atoms with van der Waals surface area (Å²) in [5, 5.41) is 18.5. The molecule has 8 nitrogen and oxygen atoms in total. The number of likely N-dealkylation sites (tertiary alicyclic amines) is 1. The van der Waals surface area contributed by atoms with E-state index in [1.54, 1.807) is 18.0 Å². The normalized spacial score (nSPS) is 23.9. The first kappa shape index (κ1) is 24.7. The fraction of sp³-hybridized carbons (Fsp3) is 0.500. The number of carbonyl (C=O) groups is 2. The molecule has 0 radical (unpaired) electrons. The minimum absolute atomic E-state index is 0.123. The van der Waals surface area contributed by atoms with Crippen LogP contribution in [0.3, 0.4) is 0 Å². The van der Waals surface area contributed by atoms with Crippen LogP contribution >= 0.6 is 0 Å². The van der Waals surface area contributed by atoms with Crippen molar-refractivity contribution in [2.75, 3.05) is 31.2 Å². The van der Waals surface area contributed by atoms with Gasteiger partial charge < -0.3 is 25.6 Å². The second kappa shape index (κ2) is 10.6. The minimum atomic E-state index is -0.672. The number of aliphatic hydroxyl groups excluding tert-OH is 1. The van der Waals surface area contributed by atoms with Crippen molar-refractivity contribution in [2.45, 2.75) is 50.8 Å². The Morgan fingerprint density at radius 2 is 1.72 bits per heavy atom. The third-order valence-corrected chi connectivity index (χ3v) is 8.15. The number of nitrogens with one attached hydrogen (secondary N) is 2. The molecule has 192 valence electrons. The molecule has 5 rings (SSSR count). The second-order valence-corrected chi connectivity index (χ2v) is 10.6. The van der Waals surface area contributed by atoms with Gasteiger partial charge in [-0.2, -0.15) is 0 Å². The first-order chi connectivity index (χ1) is 17.4. The highest BCUT2D eigenvalue weighted by atomic mass is 16.3. The molecule has 8 heteroatoms. The van der Waals surface area contributed by atoms with Crippen molar-refractivity contribution < 1.29 is 14.7 Å². The Bertz CT molecular complexity index is 1070. The average Bonchev–Trinajstić information content (AvgIpc) is 3.42. The van der Waals surface area contributed by atoms with E-state index in [2.05, 4.69) is 34.9 Å². The number of anilines is 1. The molecule has 3 aliphatic rings. The molecular formula is C28H37N5O3. The van der Waals surface area contributed by atoms with Crippen LogP contribution < -0.4 is 21.5 Å². The van der Waals surface area contributed by atoms with Crippen molar-refractivity contribution in [3.05, 3.63) is 65.2 Å². The van der Waals surface area contributed by atoms with E-state index in [4.69, 9.17) is 5.84 Å². The van der Waals surface area contributed by atoms with E-state index in [0.29, 0.717) is 30.0 Å². The van der Waals surface area contributed by atoms with Crippen molar-refractivity contribution in [2.24, 2.45) is 17.7 Å². The van der Waals surface area contributed by atoms with Crippen molar-refractivity contribution in [1.82, 2.24) is 15.5 Å². The van der Waals surface area contributed by atoms with E-state index in [9.17, 15) is 14.7 Å². The van der Waals surface area contributed by atoms with Gasteiger partial charge in [-0.05, 0) is 66.8 Å².